The number of ketones is 1. The fourth-order valence-electron chi connectivity index (χ4n) is 0.982. The highest BCUT2D eigenvalue weighted by molar-refractivity contribution is 6.18. The van der Waals surface area contributed by atoms with E-state index in [0.29, 0.717) is 0 Å². The average molecular weight is 199 g/mol. The lowest BCUT2D eigenvalue weighted by Crippen LogP contribution is -2.42. The first kappa shape index (κ1) is 12.7. The molecule has 0 heterocycles. The van der Waals surface area contributed by atoms with Crippen LogP contribution >= 0.6 is 0 Å². The van der Waals surface area contributed by atoms with Gasteiger partial charge in [0.05, 0.1) is 0 Å². The van der Waals surface area contributed by atoms with E-state index >= 15 is 0 Å². The third-order valence-corrected chi connectivity index (χ3v) is 1.43. The van der Waals surface area contributed by atoms with Crippen LogP contribution in [0.2, 0.25) is 0 Å². The molecule has 80 valence electrons. The second kappa shape index (κ2) is 4.26. The van der Waals surface area contributed by atoms with Gasteiger partial charge in [0.1, 0.15) is 11.3 Å². The number of carbonyl (C=O) groups is 2. The van der Waals surface area contributed by atoms with Gasteiger partial charge in [0, 0.05) is 5.54 Å². The van der Waals surface area contributed by atoms with Crippen molar-refractivity contribution in [2.75, 3.05) is 0 Å². The maximum Gasteiger partial charge on any atom is 0.258 e. The van der Waals surface area contributed by atoms with Crippen LogP contribution in [-0.4, -0.2) is 22.3 Å². The lowest BCUT2D eigenvalue weighted by molar-refractivity contribution is -0.122. The van der Waals surface area contributed by atoms with Gasteiger partial charge in [0.15, 0.2) is 5.78 Å². The van der Waals surface area contributed by atoms with Crippen LogP contribution < -0.4 is 5.32 Å². The number of rotatable bonds is 2. The minimum Gasteiger partial charge on any atom is -0.512 e. The summed E-state index contributed by atoms with van der Waals surface area (Å²) < 4.78 is 0. The summed E-state index contributed by atoms with van der Waals surface area (Å²) in [7, 11) is 0. The Bertz CT molecular complexity index is 280. The maximum atomic E-state index is 11.5. The van der Waals surface area contributed by atoms with Gasteiger partial charge in [-0.25, -0.2) is 0 Å². The smallest absolute Gasteiger partial charge is 0.258 e. The van der Waals surface area contributed by atoms with Crippen molar-refractivity contribution in [3.05, 3.63) is 11.3 Å². The van der Waals surface area contributed by atoms with Crippen molar-refractivity contribution in [2.24, 2.45) is 0 Å². The second-order valence-electron chi connectivity index (χ2n) is 4.22. The number of amides is 1. The summed E-state index contributed by atoms with van der Waals surface area (Å²) in [5, 5.41) is 11.8. The van der Waals surface area contributed by atoms with Crippen molar-refractivity contribution in [3.8, 4) is 0 Å². The van der Waals surface area contributed by atoms with Crippen LogP contribution in [0.4, 0.5) is 0 Å². The van der Waals surface area contributed by atoms with E-state index in [1.165, 1.54) is 13.8 Å². The molecular formula is C10H17NO3. The van der Waals surface area contributed by atoms with Crippen LogP contribution in [0.25, 0.3) is 0 Å². The number of carbonyl (C=O) groups excluding carboxylic acids is 2. The fourth-order valence-corrected chi connectivity index (χ4v) is 0.982. The van der Waals surface area contributed by atoms with E-state index in [4.69, 9.17) is 5.11 Å². The van der Waals surface area contributed by atoms with Gasteiger partial charge in [-0.2, -0.15) is 0 Å². The Morgan fingerprint density at radius 1 is 1.14 bits per heavy atom. The van der Waals surface area contributed by atoms with E-state index in [1.807, 2.05) is 0 Å². The van der Waals surface area contributed by atoms with E-state index in [-0.39, 0.29) is 11.3 Å². The Labute approximate surface area is 84.0 Å². The van der Waals surface area contributed by atoms with E-state index in [2.05, 4.69) is 5.32 Å². The minimum atomic E-state index is -0.537. The summed E-state index contributed by atoms with van der Waals surface area (Å²) >= 11 is 0. The summed E-state index contributed by atoms with van der Waals surface area (Å²) in [6.07, 6.45) is 0. The number of Topliss-reactive ketones (excluding diaryl/α,β-unsaturated/α-hetero) is 1. The highest BCUT2D eigenvalue weighted by Gasteiger charge is 2.22. The Morgan fingerprint density at radius 2 is 1.57 bits per heavy atom. The highest BCUT2D eigenvalue weighted by atomic mass is 16.3. The van der Waals surface area contributed by atoms with Gasteiger partial charge in [0.25, 0.3) is 5.91 Å². The van der Waals surface area contributed by atoms with Gasteiger partial charge in [-0.1, -0.05) is 0 Å². The summed E-state index contributed by atoms with van der Waals surface area (Å²) in [4.78, 5) is 22.5. The molecule has 0 radical (unpaired) electrons. The quantitative estimate of drug-likeness (QED) is 0.305. The van der Waals surface area contributed by atoms with Crippen LogP contribution in [0, 0.1) is 0 Å². The van der Waals surface area contributed by atoms with Gasteiger partial charge >= 0.3 is 0 Å². The molecule has 0 saturated carbocycles. The molecule has 2 N–H and O–H groups in total. The van der Waals surface area contributed by atoms with Gasteiger partial charge in [0.2, 0.25) is 0 Å². The summed E-state index contributed by atoms with van der Waals surface area (Å²) in [5.41, 5.74) is -0.604. The van der Waals surface area contributed by atoms with Crippen LogP contribution in [0.3, 0.4) is 0 Å². The number of nitrogens with one attached hydrogen (secondary N) is 1. The molecule has 0 unspecified atom stereocenters. The standard InChI is InChI=1S/C10H17NO3/c1-6(12)8(7(2)13)9(14)11-10(3,4)5/h12H,1-5H3,(H,11,14)/b8-6-. The van der Waals surface area contributed by atoms with Crippen molar-refractivity contribution in [3.63, 3.8) is 0 Å². The molecule has 0 bridgehead atoms. The molecule has 4 nitrogen and oxygen atoms in total. The highest BCUT2D eigenvalue weighted by Crippen LogP contribution is 2.06. The third-order valence-electron chi connectivity index (χ3n) is 1.43. The Hall–Kier alpha value is -1.32. The van der Waals surface area contributed by atoms with Crippen molar-refractivity contribution >= 4 is 11.7 Å². The minimum absolute atomic E-state index is 0.181. The van der Waals surface area contributed by atoms with E-state index in [9.17, 15) is 9.59 Å². The summed E-state index contributed by atoms with van der Waals surface area (Å²) in [5.74, 6) is -1.23. The van der Waals surface area contributed by atoms with Crippen molar-refractivity contribution in [2.45, 2.75) is 40.2 Å². The number of hydrogen-bond acceptors (Lipinski definition) is 3. The van der Waals surface area contributed by atoms with Crippen molar-refractivity contribution < 1.29 is 14.7 Å². The number of aliphatic hydroxyl groups is 1. The van der Waals surface area contributed by atoms with Gasteiger partial charge in [-0.15, -0.1) is 0 Å². The molecule has 0 aromatic carbocycles. The molecule has 1 amide bonds. The molecule has 0 atom stereocenters. The topological polar surface area (TPSA) is 66.4 Å². The van der Waals surface area contributed by atoms with Gasteiger partial charge < -0.3 is 10.4 Å². The molecule has 0 aliphatic carbocycles. The van der Waals surface area contributed by atoms with Crippen molar-refractivity contribution in [1.82, 2.24) is 5.32 Å². The first-order chi connectivity index (χ1) is 6.15. The van der Waals surface area contributed by atoms with Crippen LogP contribution in [0.15, 0.2) is 11.3 Å². The first-order valence-corrected chi connectivity index (χ1v) is 4.38. The molecule has 4 heteroatoms. The maximum absolute atomic E-state index is 11.5. The van der Waals surface area contributed by atoms with Gasteiger partial charge in [-0.05, 0) is 34.6 Å². The van der Waals surface area contributed by atoms with Gasteiger partial charge in [-0.3, -0.25) is 9.59 Å². The number of hydrogen-bond donors (Lipinski definition) is 2. The molecular weight excluding hydrogens is 182 g/mol. The summed E-state index contributed by atoms with van der Waals surface area (Å²) in [6, 6.07) is 0. The first-order valence-electron chi connectivity index (χ1n) is 4.38. The number of allylic oxidation sites excluding steroid dienone is 1. The second-order valence-corrected chi connectivity index (χ2v) is 4.22. The molecule has 14 heavy (non-hydrogen) atoms. The van der Waals surface area contributed by atoms with Crippen LogP contribution in [0.1, 0.15) is 34.6 Å². The molecule has 0 spiro atoms. The zero-order chi connectivity index (χ0) is 11.5. The molecule has 0 aliphatic rings. The fraction of sp³-hybridized carbons (Fsp3) is 0.600. The van der Waals surface area contributed by atoms with Crippen LogP contribution in [-0.2, 0) is 9.59 Å². The monoisotopic (exact) mass is 199 g/mol. The molecule has 0 fully saturated rings. The SMILES string of the molecule is CC(=O)/C(C(=O)NC(C)(C)C)=C(\C)O. The molecule has 0 rings (SSSR count). The third kappa shape index (κ3) is 4.07. The average Bonchev–Trinajstić information content (AvgIpc) is 1.78. The molecule has 0 aromatic rings. The predicted octanol–water partition coefficient (Wildman–Crippen LogP) is 1.32. The van der Waals surface area contributed by atoms with Crippen molar-refractivity contribution in [1.29, 1.82) is 0 Å². The Balaban J connectivity index is 4.84. The number of aliphatic hydroxyl groups excluding tert-OH is 1. The van der Waals surface area contributed by atoms with E-state index < -0.39 is 17.2 Å². The Morgan fingerprint density at radius 3 is 1.79 bits per heavy atom. The zero-order valence-corrected chi connectivity index (χ0v) is 9.26. The van der Waals surface area contributed by atoms with Crippen LogP contribution in [0.5, 0.6) is 0 Å². The normalized spacial score (nSPS) is 13.2. The largest absolute Gasteiger partial charge is 0.512 e. The molecule has 0 aromatic heterocycles. The summed E-state index contributed by atoms with van der Waals surface area (Å²) in [6.45, 7) is 7.97. The molecule has 0 saturated heterocycles. The Kier molecular flexibility index (Phi) is 3.86. The van der Waals surface area contributed by atoms with E-state index in [1.54, 1.807) is 20.8 Å². The predicted molar refractivity (Wildman–Crippen MR) is 53.9 cm³/mol. The zero-order valence-electron chi connectivity index (χ0n) is 9.26. The lowest BCUT2D eigenvalue weighted by Gasteiger charge is -2.21. The molecule has 0 aliphatic heterocycles. The van der Waals surface area contributed by atoms with E-state index in [0.717, 1.165) is 0 Å². The lowest BCUT2D eigenvalue weighted by atomic mass is 10.1.